The zero-order valence-corrected chi connectivity index (χ0v) is 12.1. The van der Waals surface area contributed by atoms with E-state index in [0.29, 0.717) is 18.6 Å². The highest BCUT2D eigenvalue weighted by atomic mass is 32.2. The Kier molecular flexibility index (Phi) is 4.52. The third-order valence-corrected chi connectivity index (χ3v) is 4.32. The summed E-state index contributed by atoms with van der Waals surface area (Å²) in [6.45, 7) is 4.23. The van der Waals surface area contributed by atoms with Crippen LogP contribution >= 0.6 is 11.8 Å². The molecule has 0 aromatic carbocycles. The molecule has 0 aliphatic carbocycles. The lowest BCUT2D eigenvalue weighted by Gasteiger charge is -2.31. The van der Waals surface area contributed by atoms with E-state index in [-0.39, 0.29) is 24.1 Å². The molecule has 1 amide bonds. The van der Waals surface area contributed by atoms with Crippen molar-refractivity contribution in [2.24, 2.45) is 0 Å². The standard InChI is InChI=1S/C13H20N2O3S/c1-9(2)11-7-10(15-18-11)12(16)14-8-13(17)3-5-19-6-4-13/h7,9,17H,3-6,8H2,1-2H3,(H,14,16). The number of thioether (sulfide) groups is 1. The molecule has 0 unspecified atom stereocenters. The third-order valence-electron chi connectivity index (χ3n) is 3.33. The number of nitrogens with one attached hydrogen (secondary N) is 1. The molecule has 1 aromatic rings. The van der Waals surface area contributed by atoms with Crippen LogP contribution in [0.15, 0.2) is 10.6 Å². The van der Waals surface area contributed by atoms with Gasteiger partial charge in [0.15, 0.2) is 5.69 Å². The molecule has 19 heavy (non-hydrogen) atoms. The largest absolute Gasteiger partial charge is 0.388 e. The number of hydrogen-bond acceptors (Lipinski definition) is 5. The summed E-state index contributed by atoms with van der Waals surface area (Å²) in [5.74, 6) is 2.48. The van der Waals surface area contributed by atoms with Gasteiger partial charge >= 0.3 is 0 Å². The Morgan fingerprint density at radius 2 is 2.26 bits per heavy atom. The van der Waals surface area contributed by atoms with E-state index in [2.05, 4.69) is 10.5 Å². The number of aliphatic hydroxyl groups is 1. The van der Waals surface area contributed by atoms with Crippen LogP contribution in [-0.2, 0) is 0 Å². The van der Waals surface area contributed by atoms with E-state index in [0.717, 1.165) is 11.5 Å². The molecule has 106 valence electrons. The normalized spacial score (nSPS) is 18.5. The van der Waals surface area contributed by atoms with Crippen LogP contribution in [0.3, 0.4) is 0 Å². The van der Waals surface area contributed by atoms with Crippen LogP contribution in [0.2, 0.25) is 0 Å². The van der Waals surface area contributed by atoms with Gasteiger partial charge in [-0.2, -0.15) is 11.8 Å². The first-order chi connectivity index (χ1) is 9.00. The average molecular weight is 284 g/mol. The van der Waals surface area contributed by atoms with Gasteiger partial charge in [0.2, 0.25) is 0 Å². The molecule has 1 aliphatic rings. The van der Waals surface area contributed by atoms with E-state index in [1.165, 1.54) is 0 Å². The second-order valence-corrected chi connectivity index (χ2v) is 6.51. The van der Waals surface area contributed by atoms with Gasteiger partial charge < -0.3 is 14.9 Å². The highest BCUT2D eigenvalue weighted by Crippen LogP contribution is 2.26. The van der Waals surface area contributed by atoms with Crippen LogP contribution in [0.25, 0.3) is 0 Å². The Labute approximate surface area is 117 Å². The summed E-state index contributed by atoms with van der Waals surface area (Å²) < 4.78 is 5.09. The van der Waals surface area contributed by atoms with Gasteiger partial charge in [0.1, 0.15) is 5.76 Å². The number of amides is 1. The van der Waals surface area contributed by atoms with E-state index in [4.69, 9.17) is 4.52 Å². The lowest BCUT2D eigenvalue weighted by atomic mass is 9.97. The number of nitrogens with zero attached hydrogens (tertiary/aromatic N) is 1. The lowest BCUT2D eigenvalue weighted by molar-refractivity contribution is 0.0310. The molecule has 6 heteroatoms. The van der Waals surface area contributed by atoms with Crippen LogP contribution < -0.4 is 5.32 Å². The Balaban J connectivity index is 1.89. The number of rotatable bonds is 4. The van der Waals surface area contributed by atoms with Crippen molar-refractivity contribution in [3.05, 3.63) is 17.5 Å². The van der Waals surface area contributed by atoms with Gasteiger partial charge in [-0.15, -0.1) is 0 Å². The lowest BCUT2D eigenvalue weighted by Crippen LogP contribution is -2.45. The zero-order valence-electron chi connectivity index (χ0n) is 11.3. The molecule has 2 N–H and O–H groups in total. The molecule has 0 saturated carbocycles. The average Bonchev–Trinajstić information content (AvgIpc) is 2.87. The second-order valence-electron chi connectivity index (χ2n) is 5.29. The first kappa shape index (κ1) is 14.4. The van der Waals surface area contributed by atoms with Crippen molar-refractivity contribution >= 4 is 17.7 Å². The Morgan fingerprint density at radius 1 is 1.58 bits per heavy atom. The fourth-order valence-corrected chi connectivity index (χ4v) is 3.18. The predicted molar refractivity (Wildman–Crippen MR) is 74.4 cm³/mol. The van der Waals surface area contributed by atoms with E-state index < -0.39 is 5.60 Å². The third kappa shape index (κ3) is 3.73. The second kappa shape index (κ2) is 5.96. The summed E-state index contributed by atoms with van der Waals surface area (Å²) in [6, 6.07) is 1.65. The molecule has 0 radical (unpaired) electrons. The van der Waals surface area contributed by atoms with Crippen LogP contribution in [0.4, 0.5) is 0 Å². The Bertz CT molecular complexity index is 439. The van der Waals surface area contributed by atoms with Crippen LogP contribution in [0.5, 0.6) is 0 Å². The topological polar surface area (TPSA) is 75.4 Å². The number of hydrogen-bond donors (Lipinski definition) is 2. The van der Waals surface area contributed by atoms with Crippen molar-refractivity contribution in [1.29, 1.82) is 0 Å². The highest BCUT2D eigenvalue weighted by molar-refractivity contribution is 7.99. The highest BCUT2D eigenvalue weighted by Gasteiger charge is 2.30. The smallest absolute Gasteiger partial charge is 0.273 e. The van der Waals surface area contributed by atoms with Crippen molar-refractivity contribution in [3.8, 4) is 0 Å². The van der Waals surface area contributed by atoms with Crippen LogP contribution in [0.1, 0.15) is 48.9 Å². The maximum atomic E-state index is 11.9. The van der Waals surface area contributed by atoms with Crippen molar-refractivity contribution < 1.29 is 14.4 Å². The Morgan fingerprint density at radius 3 is 2.84 bits per heavy atom. The van der Waals surface area contributed by atoms with Crippen LogP contribution in [-0.4, -0.2) is 39.8 Å². The number of carbonyl (C=O) groups is 1. The molecule has 5 nitrogen and oxygen atoms in total. The first-order valence-electron chi connectivity index (χ1n) is 6.55. The number of aromatic nitrogens is 1. The molecule has 2 heterocycles. The SMILES string of the molecule is CC(C)c1cc(C(=O)NCC2(O)CCSCC2)no1. The fourth-order valence-electron chi connectivity index (χ4n) is 1.93. The van der Waals surface area contributed by atoms with Gasteiger partial charge in [0, 0.05) is 18.5 Å². The van der Waals surface area contributed by atoms with Gasteiger partial charge in [-0.05, 0) is 24.3 Å². The van der Waals surface area contributed by atoms with Gasteiger partial charge in [-0.25, -0.2) is 0 Å². The summed E-state index contributed by atoms with van der Waals surface area (Å²) in [5.41, 5.74) is -0.497. The van der Waals surface area contributed by atoms with Gasteiger partial charge in [0.25, 0.3) is 5.91 Å². The van der Waals surface area contributed by atoms with Gasteiger partial charge in [-0.3, -0.25) is 4.79 Å². The molecule has 0 atom stereocenters. The molecule has 0 spiro atoms. The molecular formula is C13H20N2O3S. The van der Waals surface area contributed by atoms with E-state index in [1.54, 1.807) is 6.07 Å². The summed E-state index contributed by atoms with van der Waals surface area (Å²) >= 11 is 1.83. The van der Waals surface area contributed by atoms with Crippen molar-refractivity contribution in [1.82, 2.24) is 10.5 Å². The quantitative estimate of drug-likeness (QED) is 0.881. The summed E-state index contributed by atoms with van der Waals surface area (Å²) in [7, 11) is 0. The van der Waals surface area contributed by atoms with Crippen molar-refractivity contribution in [2.45, 2.75) is 38.2 Å². The fraction of sp³-hybridized carbons (Fsp3) is 0.692. The van der Waals surface area contributed by atoms with Crippen molar-refractivity contribution in [3.63, 3.8) is 0 Å². The summed E-state index contributed by atoms with van der Waals surface area (Å²) in [5, 5.41) is 16.8. The number of carbonyl (C=O) groups excluding carboxylic acids is 1. The first-order valence-corrected chi connectivity index (χ1v) is 7.71. The minimum Gasteiger partial charge on any atom is -0.388 e. The molecule has 1 saturated heterocycles. The molecular weight excluding hydrogens is 264 g/mol. The molecule has 1 fully saturated rings. The minimum absolute atomic E-state index is 0.202. The summed E-state index contributed by atoms with van der Waals surface area (Å²) in [6.07, 6.45) is 1.43. The van der Waals surface area contributed by atoms with E-state index in [9.17, 15) is 9.90 Å². The molecule has 2 rings (SSSR count). The molecule has 1 aromatic heterocycles. The molecule has 0 bridgehead atoms. The maximum Gasteiger partial charge on any atom is 0.273 e. The van der Waals surface area contributed by atoms with Gasteiger partial charge in [-0.1, -0.05) is 19.0 Å². The zero-order chi connectivity index (χ0) is 13.9. The van der Waals surface area contributed by atoms with E-state index >= 15 is 0 Å². The molecule has 1 aliphatic heterocycles. The minimum atomic E-state index is -0.772. The monoisotopic (exact) mass is 284 g/mol. The van der Waals surface area contributed by atoms with Gasteiger partial charge in [0.05, 0.1) is 5.60 Å². The summed E-state index contributed by atoms with van der Waals surface area (Å²) in [4.78, 5) is 11.9. The van der Waals surface area contributed by atoms with E-state index in [1.807, 2.05) is 25.6 Å². The Hall–Kier alpha value is -1.01. The van der Waals surface area contributed by atoms with Crippen molar-refractivity contribution in [2.75, 3.05) is 18.1 Å². The van der Waals surface area contributed by atoms with Crippen LogP contribution in [0, 0.1) is 0 Å². The maximum absolute atomic E-state index is 11.9. The predicted octanol–water partition coefficient (Wildman–Crippen LogP) is 1.79.